The number of hydrogen-bond acceptors (Lipinski definition) is 5. The highest BCUT2D eigenvalue weighted by Gasteiger charge is 2.26. The molecule has 1 aliphatic carbocycles. The fraction of sp³-hybridized carbons (Fsp3) is 0.370. The summed E-state index contributed by atoms with van der Waals surface area (Å²) in [7, 11) is 1.55. The number of rotatable bonds is 8. The van der Waals surface area contributed by atoms with Crippen molar-refractivity contribution < 1.29 is 9.53 Å². The SMILES string of the molecule is COc1ccccc1C(=O)NCc1ccc(-c2nn(C3CCCC3)c(NC(C)C)c2C#N)cc1. The molecular weight excluding hydrogens is 426 g/mol. The molecule has 1 amide bonds. The van der Waals surface area contributed by atoms with Crippen molar-refractivity contribution in [1.29, 1.82) is 5.26 Å². The standard InChI is InChI=1S/C27H31N5O2/c1-18(2)30-26-23(16-28)25(31-32(26)21-8-4-5-9-21)20-14-12-19(13-15-20)17-29-27(33)22-10-6-7-11-24(22)34-3/h6-7,10-15,18,21,30H,4-5,8-9,17H2,1-3H3,(H,29,33). The summed E-state index contributed by atoms with van der Waals surface area (Å²) >= 11 is 0. The first-order valence-corrected chi connectivity index (χ1v) is 11.8. The molecule has 34 heavy (non-hydrogen) atoms. The molecule has 0 spiro atoms. The van der Waals surface area contributed by atoms with Gasteiger partial charge in [-0.2, -0.15) is 10.4 Å². The van der Waals surface area contributed by atoms with Gasteiger partial charge < -0.3 is 15.4 Å². The number of carbonyl (C=O) groups excluding carboxylic acids is 1. The topological polar surface area (TPSA) is 92.0 Å². The second-order valence-corrected chi connectivity index (χ2v) is 8.95. The van der Waals surface area contributed by atoms with Crippen LogP contribution in [0.2, 0.25) is 0 Å². The molecule has 0 bridgehead atoms. The zero-order chi connectivity index (χ0) is 24.1. The lowest BCUT2D eigenvalue weighted by Gasteiger charge is -2.17. The largest absolute Gasteiger partial charge is 0.496 e. The first-order valence-electron chi connectivity index (χ1n) is 11.8. The Bertz CT molecular complexity index is 1180. The van der Waals surface area contributed by atoms with Crippen molar-refractivity contribution >= 4 is 11.7 Å². The number of anilines is 1. The van der Waals surface area contributed by atoms with E-state index in [-0.39, 0.29) is 11.9 Å². The van der Waals surface area contributed by atoms with Gasteiger partial charge in [0.25, 0.3) is 5.91 Å². The number of amides is 1. The minimum Gasteiger partial charge on any atom is -0.496 e. The van der Waals surface area contributed by atoms with Gasteiger partial charge in [0.2, 0.25) is 0 Å². The highest BCUT2D eigenvalue weighted by Crippen LogP contribution is 2.37. The maximum atomic E-state index is 12.6. The van der Waals surface area contributed by atoms with E-state index in [1.165, 1.54) is 12.8 Å². The fourth-order valence-corrected chi connectivity index (χ4v) is 4.46. The van der Waals surface area contributed by atoms with E-state index in [0.29, 0.717) is 35.2 Å². The highest BCUT2D eigenvalue weighted by atomic mass is 16.5. The van der Waals surface area contributed by atoms with Crippen LogP contribution in [-0.4, -0.2) is 28.8 Å². The number of aromatic nitrogens is 2. The third kappa shape index (κ3) is 4.91. The molecule has 3 aromatic rings. The lowest BCUT2D eigenvalue weighted by Crippen LogP contribution is -2.23. The third-order valence-corrected chi connectivity index (χ3v) is 6.15. The molecule has 2 aromatic carbocycles. The van der Waals surface area contributed by atoms with Crippen LogP contribution in [0, 0.1) is 11.3 Å². The molecule has 1 fully saturated rings. The first-order chi connectivity index (χ1) is 16.5. The summed E-state index contributed by atoms with van der Waals surface area (Å²) < 4.78 is 7.31. The van der Waals surface area contributed by atoms with Crippen LogP contribution in [0.5, 0.6) is 5.75 Å². The van der Waals surface area contributed by atoms with E-state index in [2.05, 4.69) is 30.6 Å². The van der Waals surface area contributed by atoms with Crippen molar-refractivity contribution in [3.8, 4) is 23.1 Å². The summed E-state index contributed by atoms with van der Waals surface area (Å²) in [5.41, 5.74) is 3.63. The van der Waals surface area contributed by atoms with Crippen LogP contribution in [0.3, 0.4) is 0 Å². The van der Waals surface area contributed by atoms with Crippen LogP contribution >= 0.6 is 0 Å². The molecule has 7 nitrogen and oxygen atoms in total. The summed E-state index contributed by atoms with van der Waals surface area (Å²) in [4.78, 5) is 12.6. The van der Waals surface area contributed by atoms with Gasteiger partial charge in [0.15, 0.2) is 0 Å². The van der Waals surface area contributed by atoms with Crippen LogP contribution in [0.4, 0.5) is 5.82 Å². The number of nitrogens with one attached hydrogen (secondary N) is 2. The number of nitrogens with zero attached hydrogens (tertiary/aromatic N) is 3. The Morgan fingerprint density at radius 2 is 1.88 bits per heavy atom. The van der Waals surface area contributed by atoms with Crippen molar-refractivity contribution in [2.24, 2.45) is 0 Å². The van der Waals surface area contributed by atoms with Crippen molar-refractivity contribution in [1.82, 2.24) is 15.1 Å². The van der Waals surface area contributed by atoms with Gasteiger partial charge in [0.1, 0.15) is 28.9 Å². The molecule has 2 N–H and O–H groups in total. The lowest BCUT2D eigenvalue weighted by atomic mass is 10.1. The highest BCUT2D eigenvalue weighted by molar-refractivity contribution is 5.96. The van der Waals surface area contributed by atoms with E-state index in [9.17, 15) is 10.1 Å². The molecule has 0 aliphatic heterocycles. The van der Waals surface area contributed by atoms with Crippen molar-refractivity contribution in [3.63, 3.8) is 0 Å². The Hall–Kier alpha value is -3.79. The van der Waals surface area contributed by atoms with Crippen LogP contribution in [0.25, 0.3) is 11.3 Å². The van der Waals surface area contributed by atoms with Gasteiger partial charge in [-0.25, -0.2) is 4.68 Å². The van der Waals surface area contributed by atoms with Crippen molar-refractivity contribution in [2.45, 2.75) is 58.2 Å². The number of benzene rings is 2. The summed E-state index contributed by atoms with van der Waals surface area (Å²) in [6.07, 6.45) is 4.56. The van der Waals surface area contributed by atoms with E-state index in [4.69, 9.17) is 9.84 Å². The molecule has 7 heteroatoms. The summed E-state index contributed by atoms with van der Waals surface area (Å²) in [6.45, 7) is 4.53. The van der Waals surface area contributed by atoms with E-state index in [0.717, 1.165) is 29.8 Å². The van der Waals surface area contributed by atoms with Gasteiger partial charge in [0, 0.05) is 18.2 Å². The maximum Gasteiger partial charge on any atom is 0.255 e. The third-order valence-electron chi connectivity index (χ3n) is 6.15. The van der Waals surface area contributed by atoms with Gasteiger partial charge in [-0.1, -0.05) is 49.2 Å². The molecule has 1 saturated carbocycles. The zero-order valence-electron chi connectivity index (χ0n) is 20.0. The van der Waals surface area contributed by atoms with Crippen LogP contribution in [0.1, 0.15) is 67.1 Å². The molecular formula is C27H31N5O2. The Kier molecular flexibility index (Phi) is 7.17. The molecule has 0 atom stereocenters. The average Bonchev–Trinajstić information content (AvgIpc) is 3.50. The predicted octanol–water partition coefficient (Wildman–Crippen LogP) is 5.30. The van der Waals surface area contributed by atoms with Gasteiger partial charge in [-0.3, -0.25) is 4.79 Å². The number of methoxy groups -OCH3 is 1. The Labute approximate surface area is 200 Å². The van der Waals surface area contributed by atoms with Gasteiger partial charge in [-0.05, 0) is 44.4 Å². The molecule has 176 valence electrons. The molecule has 0 saturated heterocycles. The van der Waals surface area contributed by atoms with Gasteiger partial charge >= 0.3 is 0 Å². The number of nitriles is 1. The molecule has 1 heterocycles. The molecule has 1 aliphatic rings. The van der Waals surface area contributed by atoms with Crippen LogP contribution in [-0.2, 0) is 6.54 Å². The van der Waals surface area contributed by atoms with E-state index >= 15 is 0 Å². The Balaban J connectivity index is 1.54. The van der Waals surface area contributed by atoms with E-state index < -0.39 is 0 Å². The lowest BCUT2D eigenvalue weighted by molar-refractivity contribution is 0.0948. The first kappa shape index (κ1) is 23.4. The minimum atomic E-state index is -0.187. The van der Waals surface area contributed by atoms with Gasteiger partial charge in [-0.15, -0.1) is 0 Å². The van der Waals surface area contributed by atoms with Crippen molar-refractivity contribution in [3.05, 3.63) is 65.2 Å². The summed E-state index contributed by atoms with van der Waals surface area (Å²) in [5, 5.41) is 21.3. The summed E-state index contributed by atoms with van der Waals surface area (Å²) in [5.74, 6) is 1.17. The zero-order valence-corrected chi connectivity index (χ0v) is 20.0. The second-order valence-electron chi connectivity index (χ2n) is 8.95. The quantitative estimate of drug-likeness (QED) is 0.479. The van der Waals surface area contributed by atoms with Crippen molar-refractivity contribution in [2.75, 3.05) is 12.4 Å². The predicted molar refractivity (Wildman–Crippen MR) is 133 cm³/mol. The fourth-order valence-electron chi connectivity index (χ4n) is 4.46. The van der Waals surface area contributed by atoms with E-state index in [1.807, 2.05) is 41.1 Å². The average molecular weight is 458 g/mol. The van der Waals surface area contributed by atoms with Crippen LogP contribution in [0.15, 0.2) is 48.5 Å². The molecule has 0 radical (unpaired) electrons. The minimum absolute atomic E-state index is 0.187. The maximum absolute atomic E-state index is 12.6. The number of hydrogen-bond donors (Lipinski definition) is 2. The van der Waals surface area contributed by atoms with Crippen LogP contribution < -0.4 is 15.4 Å². The number of para-hydroxylation sites is 1. The molecule has 4 rings (SSSR count). The molecule has 1 aromatic heterocycles. The Morgan fingerprint density at radius 3 is 2.53 bits per heavy atom. The number of carbonyl (C=O) groups is 1. The normalized spacial score (nSPS) is 13.6. The monoisotopic (exact) mass is 457 g/mol. The van der Waals surface area contributed by atoms with E-state index in [1.54, 1.807) is 19.2 Å². The Morgan fingerprint density at radius 1 is 1.18 bits per heavy atom. The number of ether oxygens (including phenoxy) is 1. The second kappa shape index (κ2) is 10.4. The molecule has 0 unspecified atom stereocenters. The van der Waals surface area contributed by atoms with Gasteiger partial charge in [0.05, 0.1) is 18.7 Å². The smallest absolute Gasteiger partial charge is 0.255 e. The summed E-state index contributed by atoms with van der Waals surface area (Å²) in [6, 6.07) is 17.9.